The highest BCUT2D eigenvalue weighted by atomic mass is 19.2. The first kappa shape index (κ1) is 10.6. The van der Waals surface area contributed by atoms with Crippen LogP contribution in [0.4, 0.5) is 8.78 Å². The number of rotatable bonds is 2. The van der Waals surface area contributed by atoms with Crippen LogP contribution in [0.3, 0.4) is 0 Å². The maximum atomic E-state index is 13.0. The Bertz CT molecular complexity index is 361. The molecular weight excluding hydrogens is 190 g/mol. The number of aryl methyl sites for hydroxylation is 1. The van der Waals surface area contributed by atoms with Gasteiger partial charge in [0.25, 0.3) is 0 Å². The van der Waals surface area contributed by atoms with Crippen LogP contribution in [-0.4, -0.2) is 13.1 Å². The van der Waals surface area contributed by atoms with Crippen LogP contribution >= 0.6 is 0 Å². The zero-order chi connectivity index (χ0) is 10.7. The normalized spacial score (nSPS) is 10.0. The van der Waals surface area contributed by atoms with E-state index >= 15 is 0 Å². The Morgan fingerprint density at radius 1 is 1.43 bits per heavy atom. The van der Waals surface area contributed by atoms with Crippen molar-refractivity contribution < 1.29 is 18.3 Å². The quantitative estimate of drug-likeness (QED) is 0.685. The summed E-state index contributed by atoms with van der Waals surface area (Å²) in [4.78, 5) is 11.0. The van der Waals surface area contributed by atoms with Gasteiger partial charge in [0.15, 0.2) is 11.6 Å². The Morgan fingerprint density at radius 2 is 2.07 bits per heavy atom. The molecule has 1 aromatic carbocycles. The molecule has 4 heteroatoms. The zero-order valence-electron chi connectivity index (χ0n) is 7.93. The van der Waals surface area contributed by atoms with Gasteiger partial charge in [-0.3, -0.25) is 0 Å². The lowest BCUT2D eigenvalue weighted by molar-refractivity contribution is 0.0600. The van der Waals surface area contributed by atoms with Crippen LogP contribution in [0.2, 0.25) is 0 Å². The summed E-state index contributed by atoms with van der Waals surface area (Å²) in [7, 11) is 1.19. The molecule has 14 heavy (non-hydrogen) atoms. The highest BCUT2D eigenvalue weighted by Crippen LogP contribution is 2.16. The highest BCUT2D eigenvalue weighted by Gasteiger charge is 2.13. The van der Waals surface area contributed by atoms with Crippen molar-refractivity contribution in [2.24, 2.45) is 0 Å². The summed E-state index contributed by atoms with van der Waals surface area (Å²) in [5.41, 5.74) is 0.202. The van der Waals surface area contributed by atoms with Gasteiger partial charge in [0.2, 0.25) is 0 Å². The van der Waals surface area contributed by atoms with E-state index in [4.69, 9.17) is 0 Å². The topological polar surface area (TPSA) is 26.3 Å². The van der Waals surface area contributed by atoms with E-state index in [1.165, 1.54) is 13.2 Å². The van der Waals surface area contributed by atoms with Crippen LogP contribution < -0.4 is 0 Å². The number of carbonyl (C=O) groups is 1. The van der Waals surface area contributed by atoms with Gasteiger partial charge in [-0.2, -0.15) is 0 Å². The van der Waals surface area contributed by atoms with E-state index in [2.05, 4.69) is 4.74 Å². The molecule has 2 nitrogen and oxygen atoms in total. The maximum absolute atomic E-state index is 13.0. The van der Waals surface area contributed by atoms with E-state index in [1.54, 1.807) is 6.92 Å². The predicted molar refractivity (Wildman–Crippen MR) is 47.1 cm³/mol. The van der Waals surface area contributed by atoms with Crippen molar-refractivity contribution in [3.8, 4) is 0 Å². The van der Waals surface area contributed by atoms with Gasteiger partial charge in [-0.25, -0.2) is 13.6 Å². The Labute approximate surface area is 80.5 Å². The fourth-order valence-corrected chi connectivity index (χ4v) is 1.14. The summed E-state index contributed by atoms with van der Waals surface area (Å²) in [5.74, 6) is -2.59. The predicted octanol–water partition coefficient (Wildman–Crippen LogP) is 2.31. The Hall–Kier alpha value is -1.45. The number of hydrogen-bond acceptors (Lipinski definition) is 2. The third-order valence-electron chi connectivity index (χ3n) is 1.91. The van der Waals surface area contributed by atoms with Crippen LogP contribution in [0, 0.1) is 11.6 Å². The molecule has 0 atom stereocenters. The molecule has 0 aliphatic rings. The van der Waals surface area contributed by atoms with E-state index < -0.39 is 17.6 Å². The Kier molecular flexibility index (Phi) is 3.17. The fraction of sp³-hybridized carbons (Fsp3) is 0.300. The third kappa shape index (κ3) is 1.89. The molecule has 1 aromatic rings. The third-order valence-corrected chi connectivity index (χ3v) is 1.91. The second kappa shape index (κ2) is 4.17. The largest absolute Gasteiger partial charge is 0.465 e. The molecule has 0 aliphatic carbocycles. The van der Waals surface area contributed by atoms with Crippen LogP contribution in [0.5, 0.6) is 0 Å². The Morgan fingerprint density at radius 3 is 2.57 bits per heavy atom. The molecule has 0 unspecified atom stereocenters. The molecule has 1 rings (SSSR count). The lowest BCUT2D eigenvalue weighted by atomic mass is 10.1. The van der Waals surface area contributed by atoms with Crippen LogP contribution in [0.1, 0.15) is 22.8 Å². The average molecular weight is 200 g/mol. The minimum atomic E-state index is -1.02. The molecule has 0 bridgehead atoms. The Balaban J connectivity index is 3.22. The summed E-state index contributed by atoms with van der Waals surface area (Å²) in [6.07, 6.45) is 0.327. The van der Waals surface area contributed by atoms with Gasteiger partial charge in [0.1, 0.15) is 0 Å². The van der Waals surface area contributed by atoms with Gasteiger partial charge < -0.3 is 4.74 Å². The van der Waals surface area contributed by atoms with Crippen molar-refractivity contribution in [3.05, 3.63) is 34.9 Å². The highest BCUT2D eigenvalue weighted by molar-refractivity contribution is 5.89. The molecule has 0 aliphatic heterocycles. The van der Waals surface area contributed by atoms with Gasteiger partial charge >= 0.3 is 5.97 Å². The molecule has 76 valence electrons. The number of methoxy groups -OCH3 is 1. The monoisotopic (exact) mass is 200 g/mol. The van der Waals surface area contributed by atoms with Crippen molar-refractivity contribution in [1.29, 1.82) is 0 Å². The van der Waals surface area contributed by atoms with E-state index in [0.29, 0.717) is 6.42 Å². The number of carbonyl (C=O) groups excluding carboxylic acids is 1. The van der Waals surface area contributed by atoms with E-state index in [-0.39, 0.29) is 11.1 Å². The van der Waals surface area contributed by atoms with Gasteiger partial charge in [-0.1, -0.05) is 6.92 Å². The number of benzene rings is 1. The van der Waals surface area contributed by atoms with Gasteiger partial charge in [-0.15, -0.1) is 0 Å². The van der Waals surface area contributed by atoms with Crippen LogP contribution in [-0.2, 0) is 11.2 Å². The first-order chi connectivity index (χ1) is 6.60. The zero-order valence-corrected chi connectivity index (χ0v) is 7.93. The minimum Gasteiger partial charge on any atom is -0.465 e. The summed E-state index contributed by atoms with van der Waals surface area (Å²) in [5, 5.41) is 0. The van der Waals surface area contributed by atoms with Crippen molar-refractivity contribution in [1.82, 2.24) is 0 Å². The fourth-order valence-electron chi connectivity index (χ4n) is 1.14. The number of hydrogen-bond donors (Lipinski definition) is 0. The molecular formula is C10H10F2O2. The van der Waals surface area contributed by atoms with Crippen molar-refractivity contribution in [3.63, 3.8) is 0 Å². The standard InChI is InChI=1S/C10H10F2O2/c1-3-6-4-7(10(13)14-2)5-8(11)9(6)12/h4-5H,3H2,1-2H3. The number of halogens is 2. The van der Waals surface area contributed by atoms with Gasteiger partial charge in [0, 0.05) is 0 Å². The number of ether oxygens (including phenoxy) is 1. The molecule has 0 amide bonds. The van der Waals surface area contributed by atoms with Crippen molar-refractivity contribution in [2.75, 3.05) is 7.11 Å². The molecule has 0 spiro atoms. The summed E-state index contributed by atoms with van der Waals surface area (Å²) in [6.45, 7) is 1.68. The molecule has 0 heterocycles. The smallest absolute Gasteiger partial charge is 0.337 e. The number of esters is 1. The van der Waals surface area contributed by atoms with Crippen molar-refractivity contribution >= 4 is 5.97 Å². The average Bonchev–Trinajstić information content (AvgIpc) is 2.20. The first-order valence-electron chi connectivity index (χ1n) is 4.16. The lowest BCUT2D eigenvalue weighted by Gasteiger charge is -2.04. The molecule has 0 aromatic heterocycles. The second-order valence-corrected chi connectivity index (χ2v) is 2.78. The summed E-state index contributed by atoms with van der Waals surface area (Å²) >= 11 is 0. The minimum absolute atomic E-state index is 0.0308. The summed E-state index contributed by atoms with van der Waals surface area (Å²) in [6, 6.07) is 2.13. The van der Waals surface area contributed by atoms with E-state index in [1.807, 2.05) is 0 Å². The molecule has 0 radical (unpaired) electrons. The van der Waals surface area contributed by atoms with E-state index in [9.17, 15) is 13.6 Å². The van der Waals surface area contributed by atoms with Gasteiger partial charge in [0.05, 0.1) is 12.7 Å². The second-order valence-electron chi connectivity index (χ2n) is 2.78. The van der Waals surface area contributed by atoms with Crippen LogP contribution in [0.25, 0.3) is 0 Å². The SMILES string of the molecule is CCc1cc(C(=O)OC)cc(F)c1F. The maximum Gasteiger partial charge on any atom is 0.337 e. The summed E-state index contributed by atoms with van der Waals surface area (Å²) < 4.78 is 30.4. The molecule has 0 fully saturated rings. The molecule has 0 saturated heterocycles. The first-order valence-corrected chi connectivity index (χ1v) is 4.16. The van der Waals surface area contributed by atoms with E-state index in [0.717, 1.165) is 6.07 Å². The van der Waals surface area contributed by atoms with Gasteiger partial charge in [-0.05, 0) is 24.1 Å². The molecule has 0 N–H and O–H groups in total. The van der Waals surface area contributed by atoms with Crippen LogP contribution in [0.15, 0.2) is 12.1 Å². The molecule has 0 saturated carbocycles. The lowest BCUT2D eigenvalue weighted by Crippen LogP contribution is -2.05. The van der Waals surface area contributed by atoms with Crippen molar-refractivity contribution in [2.45, 2.75) is 13.3 Å².